The van der Waals surface area contributed by atoms with Gasteiger partial charge in [0.25, 0.3) is 0 Å². The molecule has 4 heteroatoms. The molecule has 0 aromatic rings. The molecule has 3 nitrogen and oxygen atoms in total. The molecule has 1 aliphatic rings. The molecule has 0 aliphatic heterocycles. The van der Waals surface area contributed by atoms with Crippen molar-refractivity contribution in [2.75, 3.05) is 0 Å². The Kier molecular flexibility index (Phi) is 5.34. The minimum atomic E-state index is -0.722. The SMILES string of the molecule is CC(CC(=O)O)NC1CC1.[NaH]. The number of rotatable bonds is 4. The van der Waals surface area contributed by atoms with Gasteiger partial charge < -0.3 is 10.4 Å². The van der Waals surface area contributed by atoms with Crippen LogP contribution in [0.3, 0.4) is 0 Å². The van der Waals surface area contributed by atoms with E-state index in [4.69, 9.17) is 5.11 Å². The molecule has 0 amide bonds. The van der Waals surface area contributed by atoms with Crippen molar-refractivity contribution in [2.45, 2.75) is 38.3 Å². The van der Waals surface area contributed by atoms with Crippen LogP contribution >= 0.6 is 0 Å². The molecule has 0 heterocycles. The molecule has 2 N–H and O–H groups in total. The zero-order valence-corrected chi connectivity index (χ0v) is 6.13. The standard InChI is InChI=1S/C7H13NO2.Na.H/c1-5(4-7(9)10)8-6-2-3-6;;/h5-6,8H,2-4H2,1H3,(H,9,10);;. The molecule has 0 bridgehead atoms. The Morgan fingerprint density at radius 3 is 2.64 bits per heavy atom. The van der Waals surface area contributed by atoms with Crippen LogP contribution in [0.15, 0.2) is 0 Å². The summed E-state index contributed by atoms with van der Waals surface area (Å²) in [6, 6.07) is 0.736. The fourth-order valence-corrected chi connectivity index (χ4v) is 0.973. The number of carbonyl (C=O) groups is 1. The number of nitrogens with one attached hydrogen (secondary N) is 1. The number of hydrogen-bond acceptors (Lipinski definition) is 2. The third-order valence-corrected chi connectivity index (χ3v) is 1.58. The summed E-state index contributed by atoms with van der Waals surface area (Å²) in [6.07, 6.45) is 2.66. The third kappa shape index (κ3) is 5.67. The first-order chi connectivity index (χ1) is 4.68. The number of aliphatic carboxylic acids is 1. The van der Waals surface area contributed by atoms with Crippen molar-refractivity contribution in [3.63, 3.8) is 0 Å². The van der Waals surface area contributed by atoms with Gasteiger partial charge in [0.15, 0.2) is 0 Å². The van der Waals surface area contributed by atoms with Gasteiger partial charge in [-0.05, 0) is 19.8 Å². The van der Waals surface area contributed by atoms with Crippen LogP contribution in [0.5, 0.6) is 0 Å². The van der Waals surface area contributed by atoms with Gasteiger partial charge in [-0.15, -0.1) is 0 Å². The summed E-state index contributed by atoms with van der Waals surface area (Å²) in [5.74, 6) is -0.722. The van der Waals surface area contributed by atoms with E-state index < -0.39 is 5.97 Å². The molecule has 0 aromatic heterocycles. The normalized spacial score (nSPS) is 18.6. The second-order valence-corrected chi connectivity index (χ2v) is 2.94. The van der Waals surface area contributed by atoms with Crippen LogP contribution in [-0.2, 0) is 4.79 Å². The fourth-order valence-electron chi connectivity index (χ4n) is 0.973. The first-order valence-corrected chi connectivity index (χ1v) is 3.66. The molecule has 1 aliphatic carbocycles. The first-order valence-electron chi connectivity index (χ1n) is 3.66. The van der Waals surface area contributed by atoms with Crippen molar-refractivity contribution < 1.29 is 9.90 Å². The zero-order valence-electron chi connectivity index (χ0n) is 6.13. The van der Waals surface area contributed by atoms with Crippen molar-refractivity contribution in [2.24, 2.45) is 0 Å². The predicted molar refractivity (Wildman–Crippen MR) is 45.0 cm³/mol. The van der Waals surface area contributed by atoms with Gasteiger partial charge in [-0.3, -0.25) is 4.79 Å². The Hall–Kier alpha value is 0.430. The van der Waals surface area contributed by atoms with Crippen LogP contribution in [0.25, 0.3) is 0 Å². The van der Waals surface area contributed by atoms with Crippen LogP contribution in [0.2, 0.25) is 0 Å². The Balaban J connectivity index is 0.000001000. The summed E-state index contributed by atoms with van der Waals surface area (Å²) in [5, 5.41) is 11.6. The van der Waals surface area contributed by atoms with Crippen LogP contribution < -0.4 is 5.32 Å². The van der Waals surface area contributed by atoms with Gasteiger partial charge in [-0.25, -0.2) is 0 Å². The summed E-state index contributed by atoms with van der Waals surface area (Å²) in [7, 11) is 0. The van der Waals surface area contributed by atoms with Gasteiger partial charge in [0.2, 0.25) is 0 Å². The van der Waals surface area contributed by atoms with E-state index in [2.05, 4.69) is 5.32 Å². The molecule has 60 valence electrons. The monoisotopic (exact) mass is 167 g/mol. The molecule has 0 saturated heterocycles. The number of hydrogen-bond donors (Lipinski definition) is 2. The molecule has 1 rings (SSSR count). The van der Waals surface area contributed by atoms with Crippen LogP contribution in [0, 0.1) is 0 Å². The number of carboxylic acids is 1. The molecule has 1 atom stereocenters. The third-order valence-electron chi connectivity index (χ3n) is 1.58. The summed E-state index contributed by atoms with van der Waals surface area (Å²) < 4.78 is 0. The van der Waals surface area contributed by atoms with Crippen molar-refractivity contribution >= 4 is 35.5 Å². The average Bonchev–Trinajstić information content (AvgIpc) is 2.46. The maximum atomic E-state index is 10.2. The first kappa shape index (κ1) is 11.4. The van der Waals surface area contributed by atoms with E-state index in [9.17, 15) is 4.79 Å². The summed E-state index contributed by atoms with van der Waals surface area (Å²) in [5.41, 5.74) is 0. The van der Waals surface area contributed by atoms with E-state index in [1.807, 2.05) is 6.92 Å². The van der Waals surface area contributed by atoms with Gasteiger partial charge in [0.05, 0.1) is 6.42 Å². The van der Waals surface area contributed by atoms with Crippen LogP contribution in [-0.4, -0.2) is 52.7 Å². The quantitative estimate of drug-likeness (QED) is 0.577. The molecule has 11 heavy (non-hydrogen) atoms. The Morgan fingerprint density at radius 2 is 2.27 bits per heavy atom. The van der Waals surface area contributed by atoms with E-state index in [1.54, 1.807) is 0 Å². The molecule has 0 radical (unpaired) electrons. The van der Waals surface area contributed by atoms with Gasteiger partial charge >= 0.3 is 35.5 Å². The summed E-state index contributed by atoms with van der Waals surface area (Å²) in [6.45, 7) is 1.91. The predicted octanol–water partition coefficient (Wildman–Crippen LogP) is -0.0469. The minimum absolute atomic E-state index is 0. The van der Waals surface area contributed by atoms with E-state index >= 15 is 0 Å². The van der Waals surface area contributed by atoms with E-state index in [0.29, 0.717) is 6.04 Å². The second-order valence-electron chi connectivity index (χ2n) is 2.94. The molecule has 1 fully saturated rings. The Labute approximate surface area is 88.8 Å². The average molecular weight is 167 g/mol. The van der Waals surface area contributed by atoms with Crippen LogP contribution in [0.4, 0.5) is 0 Å². The van der Waals surface area contributed by atoms with Gasteiger partial charge in [0, 0.05) is 12.1 Å². The molecule has 0 spiro atoms. The van der Waals surface area contributed by atoms with Crippen molar-refractivity contribution in [1.29, 1.82) is 0 Å². The summed E-state index contributed by atoms with van der Waals surface area (Å²) >= 11 is 0. The Bertz CT molecular complexity index is 136. The van der Waals surface area contributed by atoms with Gasteiger partial charge in [0.1, 0.15) is 0 Å². The maximum absolute atomic E-state index is 10.2. The van der Waals surface area contributed by atoms with E-state index in [0.717, 1.165) is 0 Å². The molecular formula is C7H14NNaO2. The van der Waals surface area contributed by atoms with Gasteiger partial charge in [-0.2, -0.15) is 0 Å². The van der Waals surface area contributed by atoms with Crippen LogP contribution in [0.1, 0.15) is 26.2 Å². The van der Waals surface area contributed by atoms with Crippen molar-refractivity contribution in [1.82, 2.24) is 5.32 Å². The Morgan fingerprint density at radius 1 is 1.73 bits per heavy atom. The molecule has 1 saturated carbocycles. The van der Waals surface area contributed by atoms with Crippen molar-refractivity contribution in [3.8, 4) is 0 Å². The van der Waals surface area contributed by atoms with Crippen molar-refractivity contribution in [3.05, 3.63) is 0 Å². The fraction of sp³-hybridized carbons (Fsp3) is 0.857. The van der Waals surface area contributed by atoms with Gasteiger partial charge in [-0.1, -0.05) is 0 Å². The molecule has 0 aromatic carbocycles. The second kappa shape index (κ2) is 5.14. The topological polar surface area (TPSA) is 49.3 Å². The molecule has 1 unspecified atom stereocenters. The van der Waals surface area contributed by atoms with E-state index in [-0.39, 0.29) is 42.0 Å². The number of carboxylic acid groups (broad SMARTS) is 1. The zero-order chi connectivity index (χ0) is 7.56. The molecular weight excluding hydrogens is 153 g/mol. The summed E-state index contributed by atoms with van der Waals surface area (Å²) in [4.78, 5) is 10.2. The van der Waals surface area contributed by atoms with E-state index in [1.165, 1.54) is 12.8 Å².